The molecule has 1 rings (SSSR count). The highest BCUT2D eigenvalue weighted by Crippen LogP contribution is 2.18. The van der Waals surface area contributed by atoms with Gasteiger partial charge in [-0.2, -0.15) is 0 Å². The van der Waals surface area contributed by atoms with Gasteiger partial charge in [0.2, 0.25) is 9.84 Å². The van der Waals surface area contributed by atoms with Crippen molar-refractivity contribution in [2.75, 3.05) is 6.54 Å². The van der Waals surface area contributed by atoms with Crippen LogP contribution in [0.4, 0.5) is 0 Å². The van der Waals surface area contributed by atoms with E-state index in [1.807, 2.05) is 13.8 Å². The molecule has 0 unspecified atom stereocenters. The van der Waals surface area contributed by atoms with Gasteiger partial charge in [0.05, 0.1) is 5.41 Å². The van der Waals surface area contributed by atoms with Gasteiger partial charge in [-0.3, -0.25) is 0 Å². The minimum absolute atomic E-state index is 0.174. The lowest BCUT2D eigenvalue weighted by Crippen LogP contribution is -2.31. The van der Waals surface area contributed by atoms with Gasteiger partial charge in [-0.25, -0.2) is 13.4 Å². The Hall–Kier alpha value is -0.200. The standard InChI is InChI=1S/C7H11BrN2O2S/c1-5(2)9-3-7-10-6(8)4-13(7,11)12/h4-5,9H,3H2,1-2H3. The highest BCUT2D eigenvalue weighted by molar-refractivity contribution is 9.11. The second-order valence-corrected chi connectivity index (χ2v) is 5.64. The van der Waals surface area contributed by atoms with E-state index in [2.05, 4.69) is 26.2 Å². The molecule has 0 aromatic carbocycles. The normalized spacial score (nSPS) is 20.3. The molecular weight excluding hydrogens is 256 g/mol. The summed E-state index contributed by atoms with van der Waals surface area (Å²) in [7, 11) is -3.25. The van der Waals surface area contributed by atoms with Crippen LogP contribution in [0.3, 0.4) is 0 Å². The van der Waals surface area contributed by atoms with Gasteiger partial charge in [0, 0.05) is 12.6 Å². The fourth-order valence-corrected chi connectivity index (χ4v) is 2.86. The van der Waals surface area contributed by atoms with Crippen molar-refractivity contribution in [3.63, 3.8) is 0 Å². The Bertz CT molecular complexity index is 357. The predicted octanol–water partition coefficient (Wildman–Crippen LogP) is 1.01. The van der Waals surface area contributed by atoms with Crippen LogP contribution in [-0.2, 0) is 9.84 Å². The molecule has 0 bridgehead atoms. The average molecular weight is 267 g/mol. The highest BCUT2D eigenvalue weighted by atomic mass is 79.9. The van der Waals surface area contributed by atoms with Crippen LogP contribution in [0.15, 0.2) is 15.0 Å². The minimum atomic E-state index is -3.25. The van der Waals surface area contributed by atoms with Gasteiger partial charge in [0.1, 0.15) is 4.61 Å². The van der Waals surface area contributed by atoms with Crippen LogP contribution in [0.1, 0.15) is 13.8 Å². The summed E-state index contributed by atoms with van der Waals surface area (Å²) in [5, 5.41) is 4.29. The first-order valence-electron chi connectivity index (χ1n) is 3.85. The molecule has 1 aliphatic rings. The third kappa shape index (κ3) is 2.89. The number of sulfone groups is 1. The lowest BCUT2D eigenvalue weighted by Gasteiger charge is -2.06. The van der Waals surface area contributed by atoms with Crippen LogP contribution in [-0.4, -0.2) is 26.0 Å². The monoisotopic (exact) mass is 266 g/mol. The minimum Gasteiger partial charge on any atom is -0.308 e. The maximum Gasteiger partial charge on any atom is 0.217 e. The molecule has 0 radical (unpaired) electrons. The maximum atomic E-state index is 11.3. The number of nitrogens with zero attached hydrogens (tertiary/aromatic N) is 1. The van der Waals surface area contributed by atoms with Crippen molar-refractivity contribution in [1.82, 2.24) is 5.32 Å². The molecule has 0 aliphatic carbocycles. The fourth-order valence-electron chi connectivity index (χ4n) is 0.837. The van der Waals surface area contributed by atoms with Gasteiger partial charge in [-0.1, -0.05) is 13.8 Å². The largest absolute Gasteiger partial charge is 0.308 e. The smallest absolute Gasteiger partial charge is 0.217 e. The Morgan fingerprint density at radius 3 is 2.62 bits per heavy atom. The molecule has 4 nitrogen and oxygen atoms in total. The Labute approximate surface area is 86.2 Å². The van der Waals surface area contributed by atoms with Crippen LogP contribution in [0, 0.1) is 0 Å². The first-order valence-corrected chi connectivity index (χ1v) is 6.19. The summed E-state index contributed by atoms with van der Waals surface area (Å²) in [5.41, 5.74) is 0. The lowest BCUT2D eigenvalue weighted by molar-refractivity contribution is 0.611. The van der Waals surface area contributed by atoms with Crippen molar-refractivity contribution < 1.29 is 8.42 Å². The second kappa shape index (κ2) is 3.89. The van der Waals surface area contributed by atoms with E-state index in [0.717, 1.165) is 5.41 Å². The van der Waals surface area contributed by atoms with E-state index in [-0.39, 0.29) is 17.6 Å². The summed E-state index contributed by atoms with van der Waals surface area (Å²) >= 11 is 3.03. The van der Waals surface area contributed by atoms with E-state index < -0.39 is 9.84 Å². The molecule has 0 spiro atoms. The summed E-state index contributed by atoms with van der Waals surface area (Å²) in [5.74, 6) is 0. The summed E-state index contributed by atoms with van der Waals surface area (Å²) in [6, 6.07) is 0.247. The Morgan fingerprint density at radius 1 is 1.62 bits per heavy atom. The number of rotatable bonds is 3. The van der Waals surface area contributed by atoms with E-state index in [9.17, 15) is 8.42 Å². The molecular formula is C7H11BrN2O2S. The molecule has 13 heavy (non-hydrogen) atoms. The van der Waals surface area contributed by atoms with E-state index in [4.69, 9.17) is 0 Å². The number of hydrogen-bond donors (Lipinski definition) is 1. The van der Waals surface area contributed by atoms with Gasteiger partial charge < -0.3 is 5.32 Å². The summed E-state index contributed by atoms with van der Waals surface area (Å²) in [6.07, 6.45) is 0. The quantitative estimate of drug-likeness (QED) is 0.776. The van der Waals surface area contributed by atoms with Gasteiger partial charge in [0.25, 0.3) is 0 Å². The number of halogens is 1. The molecule has 74 valence electrons. The zero-order valence-corrected chi connectivity index (χ0v) is 9.81. The molecule has 0 saturated carbocycles. The molecule has 0 fully saturated rings. The topological polar surface area (TPSA) is 58.5 Å². The third-order valence-electron chi connectivity index (χ3n) is 1.47. The summed E-state index contributed by atoms with van der Waals surface area (Å²) in [6.45, 7) is 4.18. The van der Waals surface area contributed by atoms with Crippen molar-refractivity contribution in [1.29, 1.82) is 0 Å². The van der Waals surface area contributed by atoms with E-state index in [1.54, 1.807) is 0 Å². The Balaban J connectivity index is 2.70. The Kier molecular flexibility index (Phi) is 3.26. The van der Waals surface area contributed by atoms with Crippen molar-refractivity contribution in [3.8, 4) is 0 Å². The summed E-state index contributed by atoms with van der Waals surface area (Å²) in [4.78, 5) is 3.86. The Morgan fingerprint density at radius 2 is 2.23 bits per heavy atom. The number of nitrogens with one attached hydrogen (secondary N) is 1. The van der Waals surface area contributed by atoms with Crippen molar-refractivity contribution in [2.24, 2.45) is 4.99 Å². The molecule has 0 aromatic heterocycles. The van der Waals surface area contributed by atoms with E-state index in [1.165, 1.54) is 0 Å². The molecule has 0 atom stereocenters. The maximum absolute atomic E-state index is 11.3. The molecule has 0 aromatic rings. The van der Waals surface area contributed by atoms with Gasteiger partial charge in [-0.15, -0.1) is 0 Å². The molecule has 1 heterocycles. The second-order valence-electron chi connectivity index (χ2n) is 3.03. The van der Waals surface area contributed by atoms with Gasteiger partial charge in [-0.05, 0) is 15.9 Å². The highest BCUT2D eigenvalue weighted by Gasteiger charge is 2.23. The molecule has 0 saturated heterocycles. The van der Waals surface area contributed by atoms with Crippen LogP contribution in [0.25, 0.3) is 0 Å². The van der Waals surface area contributed by atoms with Gasteiger partial charge in [0.15, 0.2) is 5.04 Å². The first kappa shape index (κ1) is 10.9. The van der Waals surface area contributed by atoms with Crippen LogP contribution >= 0.6 is 15.9 Å². The third-order valence-corrected chi connectivity index (χ3v) is 3.61. The molecule has 6 heteroatoms. The van der Waals surface area contributed by atoms with Gasteiger partial charge >= 0.3 is 0 Å². The predicted molar refractivity (Wildman–Crippen MR) is 56.5 cm³/mol. The number of aliphatic imine (C=N–C) groups is 1. The summed E-state index contributed by atoms with van der Waals surface area (Å²) < 4.78 is 23.0. The van der Waals surface area contributed by atoms with Crippen molar-refractivity contribution in [3.05, 3.63) is 10.0 Å². The average Bonchev–Trinajstić information content (AvgIpc) is 2.19. The van der Waals surface area contributed by atoms with E-state index >= 15 is 0 Å². The fraction of sp³-hybridized carbons (Fsp3) is 0.571. The SMILES string of the molecule is CC(C)NCC1=NC(Br)=CS1(=O)=O. The number of hydrogen-bond acceptors (Lipinski definition) is 4. The lowest BCUT2D eigenvalue weighted by atomic mass is 10.4. The van der Waals surface area contributed by atoms with Crippen LogP contribution in [0.5, 0.6) is 0 Å². The molecule has 1 N–H and O–H groups in total. The van der Waals surface area contributed by atoms with Crippen molar-refractivity contribution in [2.45, 2.75) is 19.9 Å². The van der Waals surface area contributed by atoms with E-state index in [0.29, 0.717) is 4.61 Å². The first-order chi connectivity index (χ1) is 5.92. The zero-order chi connectivity index (χ0) is 10.1. The van der Waals surface area contributed by atoms with Crippen LogP contribution < -0.4 is 5.32 Å². The zero-order valence-electron chi connectivity index (χ0n) is 7.41. The molecule has 1 aliphatic heterocycles. The molecule has 0 amide bonds. The van der Waals surface area contributed by atoms with Crippen molar-refractivity contribution >= 4 is 30.8 Å². The van der Waals surface area contributed by atoms with Crippen LogP contribution in [0.2, 0.25) is 0 Å².